The molecule has 1 heterocycles. The van der Waals surface area contributed by atoms with Crippen LogP contribution >= 0.6 is 27.5 Å². The molecule has 6 nitrogen and oxygen atoms in total. The summed E-state index contributed by atoms with van der Waals surface area (Å²) < 4.78 is 34.8. The molecule has 27 heavy (non-hydrogen) atoms. The largest absolute Gasteiger partial charge is 0.495 e. The highest BCUT2D eigenvalue weighted by Gasteiger charge is 2.35. The summed E-state index contributed by atoms with van der Waals surface area (Å²) in [7, 11) is -2.57. The summed E-state index contributed by atoms with van der Waals surface area (Å²) in [5, 5.41) is 0.368. The van der Waals surface area contributed by atoms with Crippen LogP contribution in [0, 0.1) is 0 Å². The predicted octanol–water partition coefficient (Wildman–Crippen LogP) is 4.21. The molecule has 0 fully saturated rings. The van der Waals surface area contributed by atoms with Gasteiger partial charge in [-0.3, -0.25) is 9.52 Å². The number of amides is 1. The van der Waals surface area contributed by atoms with E-state index in [2.05, 4.69) is 20.7 Å². The molecule has 0 saturated carbocycles. The van der Waals surface area contributed by atoms with Gasteiger partial charge in [-0.25, -0.2) is 8.42 Å². The van der Waals surface area contributed by atoms with Gasteiger partial charge >= 0.3 is 0 Å². The molecule has 2 aromatic rings. The number of carbonyl (C=O) groups excluding carboxylic acids is 1. The molecule has 1 aliphatic heterocycles. The van der Waals surface area contributed by atoms with Crippen molar-refractivity contribution in [2.45, 2.75) is 31.2 Å². The summed E-state index contributed by atoms with van der Waals surface area (Å²) in [4.78, 5) is 13.7. The number of benzene rings is 2. The van der Waals surface area contributed by atoms with Gasteiger partial charge in [0.2, 0.25) is 5.91 Å². The first kappa shape index (κ1) is 20.0. The minimum absolute atomic E-state index is 0.0217. The number of hydrogen-bond donors (Lipinski definition) is 1. The minimum atomic E-state index is -4.01. The molecule has 0 unspecified atom stereocenters. The average Bonchev–Trinajstić information content (AvgIpc) is 2.89. The Morgan fingerprint density at radius 3 is 2.67 bits per heavy atom. The second kappa shape index (κ2) is 7.33. The third-order valence-corrected chi connectivity index (χ3v) is 6.42. The van der Waals surface area contributed by atoms with E-state index in [1.165, 1.54) is 31.1 Å². The first-order valence-corrected chi connectivity index (χ1v) is 10.8. The number of nitrogens with zero attached hydrogens (tertiary/aromatic N) is 1. The van der Waals surface area contributed by atoms with Gasteiger partial charge in [0.15, 0.2) is 0 Å². The first-order valence-electron chi connectivity index (χ1n) is 8.12. The van der Waals surface area contributed by atoms with Gasteiger partial charge in [0, 0.05) is 22.5 Å². The Bertz CT molecular complexity index is 1030. The van der Waals surface area contributed by atoms with Gasteiger partial charge in [-0.1, -0.05) is 27.5 Å². The third kappa shape index (κ3) is 3.79. The van der Waals surface area contributed by atoms with E-state index < -0.39 is 10.0 Å². The summed E-state index contributed by atoms with van der Waals surface area (Å²) in [6, 6.07) is 7.87. The molecule has 0 aliphatic carbocycles. The van der Waals surface area contributed by atoms with Crippen molar-refractivity contribution in [1.82, 2.24) is 0 Å². The van der Waals surface area contributed by atoms with E-state index in [1.54, 1.807) is 12.1 Å². The highest BCUT2D eigenvalue weighted by Crippen LogP contribution is 2.41. The number of sulfonamides is 1. The Morgan fingerprint density at radius 2 is 2.04 bits per heavy atom. The van der Waals surface area contributed by atoms with E-state index in [-0.39, 0.29) is 22.5 Å². The van der Waals surface area contributed by atoms with E-state index in [4.69, 9.17) is 16.3 Å². The molecule has 0 bridgehead atoms. The maximum Gasteiger partial charge on any atom is 0.264 e. The number of fused-ring (bicyclic) bond motifs is 1. The molecule has 0 spiro atoms. The molecule has 0 radical (unpaired) electrons. The molecular formula is C18H18BrClN2O4S. The highest BCUT2D eigenvalue weighted by molar-refractivity contribution is 9.10. The summed E-state index contributed by atoms with van der Waals surface area (Å²) >= 11 is 9.37. The molecule has 3 rings (SSSR count). The monoisotopic (exact) mass is 472 g/mol. The Balaban J connectivity index is 2.14. The van der Waals surface area contributed by atoms with Gasteiger partial charge in [0.25, 0.3) is 10.0 Å². The fourth-order valence-corrected chi connectivity index (χ4v) is 5.47. The van der Waals surface area contributed by atoms with Crippen molar-refractivity contribution in [3.63, 3.8) is 0 Å². The van der Waals surface area contributed by atoms with Crippen molar-refractivity contribution in [3.05, 3.63) is 45.4 Å². The number of hydrogen-bond acceptors (Lipinski definition) is 4. The van der Waals surface area contributed by atoms with Crippen LogP contribution < -0.4 is 14.4 Å². The number of carbonyl (C=O) groups is 1. The number of ether oxygens (including phenoxy) is 1. The molecule has 1 N–H and O–H groups in total. The van der Waals surface area contributed by atoms with Crippen LogP contribution in [0.25, 0.3) is 0 Å². The van der Waals surface area contributed by atoms with Crippen molar-refractivity contribution < 1.29 is 17.9 Å². The van der Waals surface area contributed by atoms with Crippen molar-refractivity contribution in [3.8, 4) is 5.75 Å². The lowest BCUT2D eigenvalue weighted by Gasteiger charge is -2.23. The maximum absolute atomic E-state index is 13.2. The Labute approximate surface area is 171 Å². The number of methoxy groups -OCH3 is 1. The lowest BCUT2D eigenvalue weighted by Crippen LogP contribution is -2.34. The summed E-state index contributed by atoms with van der Waals surface area (Å²) in [6.07, 6.45) is 0.581. The van der Waals surface area contributed by atoms with Crippen LogP contribution in [0.4, 0.5) is 11.4 Å². The molecule has 1 atom stereocenters. The van der Waals surface area contributed by atoms with Crippen LogP contribution in [-0.2, 0) is 21.2 Å². The van der Waals surface area contributed by atoms with Crippen molar-refractivity contribution in [2.24, 2.45) is 0 Å². The zero-order valence-corrected chi connectivity index (χ0v) is 18.1. The average molecular weight is 474 g/mol. The fraction of sp³-hybridized carbons (Fsp3) is 0.278. The molecule has 1 amide bonds. The second-order valence-corrected chi connectivity index (χ2v) is 9.31. The summed E-state index contributed by atoms with van der Waals surface area (Å²) in [6.45, 7) is 3.32. The van der Waals surface area contributed by atoms with Crippen LogP contribution in [0.3, 0.4) is 0 Å². The molecule has 1 aliphatic rings. The Morgan fingerprint density at radius 1 is 1.33 bits per heavy atom. The van der Waals surface area contributed by atoms with Gasteiger partial charge in [-0.15, -0.1) is 0 Å². The molecule has 9 heteroatoms. The standard InChI is InChI=1S/C18H18BrClN2O4S/c1-10-6-12-7-13(19)8-17(18(12)22(10)11(2)23)27(24,25)21-15-9-14(20)4-5-16(15)26-3/h4-5,7-10,21H,6H2,1-3H3/t10-/m1/s1. The normalized spacial score (nSPS) is 16.2. The number of rotatable bonds is 4. The van der Waals surface area contributed by atoms with Gasteiger partial charge in [0.05, 0.1) is 18.5 Å². The molecular weight excluding hydrogens is 456 g/mol. The van der Waals surface area contributed by atoms with Crippen LogP contribution in [0.5, 0.6) is 5.75 Å². The molecule has 0 aromatic heterocycles. The summed E-state index contributed by atoms with van der Waals surface area (Å²) in [5.41, 5.74) is 1.43. The van der Waals surface area contributed by atoms with Crippen LogP contribution in [0.1, 0.15) is 19.4 Å². The number of halogens is 2. The van der Waals surface area contributed by atoms with Crippen LogP contribution in [-0.4, -0.2) is 27.5 Å². The zero-order chi connectivity index (χ0) is 19.9. The Hall–Kier alpha value is -1.77. The molecule has 2 aromatic carbocycles. The smallest absolute Gasteiger partial charge is 0.264 e. The SMILES string of the molecule is COc1ccc(Cl)cc1NS(=O)(=O)c1cc(Br)cc2c1N(C(C)=O)[C@H](C)C2. The van der Waals surface area contributed by atoms with E-state index in [0.29, 0.717) is 27.4 Å². The van der Waals surface area contributed by atoms with Crippen molar-refractivity contribution >= 4 is 54.8 Å². The first-order chi connectivity index (χ1) is 12.6. The van der Waals surface area contributed by atoms with Gasteiger partial charge < -0.3 is 9.64 Å². The van der Waals surface area contributed by atoms with Crippen LogP contribution in [0.2, 0.25) is 5.02 Å². The van der Waals surface area contributed by atoms with Gasteiger partial charge in [-0.2, -0.15) is 0 Å². The number of anilines is 2. The predicted molar refractivity (Wildman–Crippen MR) is 109 cm³/mol. The fourth-order valence-electron chi connectivity index (χ4n) is 3.32. The van der Waals surface area contributed by atoms with E-state index in [9.17, 15) is 13.2 Å². The topological polar surface area (TPSA) is 75.7 Å². The summed E-state index contributed by atoms with van der Waals surface area (Å²) in [5.74, 6) is 0.131. The maximum atomic E-state index is 13.2. The number of nitrogens with one attached hydrogen (secondary N) is 1. The van der Waals surface area contributed by atoms with Crippen LogP contribution in [0.15, 0.2) is 39.7 Å². The Kier molecular flexibility index (Phi) is 5.42. The zero-order valence-electron chi connectivity index (χ0n) is 14.9. The van der Waals surface area contributed by atoms with Gasteiger partial charge in [0.1, 0.15) is 10.6 Å². The van der Waals surface area contributed by atoms with Gasteiger partial charge in [-0.05, 0) is 49.2 Å². The second-order valence-electron chi connectivity index (χ2n) is 6.30. The highest BCUT2D eigenvalue weighted by atomic mass is 79.9. The minimum Gasteiger partial charge on any atom is -0.495 e. The van der Waals surface area contributed by atoms with E-state index >= 15 is 0 Å². The van der Waals surface area contributed by atoms with Crippen molar-refractivity contribution in [1.29, 1.82) is 0 Å². The third-order valence-electron chi connectivity index (χ3n) is 4.35. The lowest BCUT2D eigenvalue weighted by molar-refractivity contribution is -0.116. The quantitative estimate of drug-likeness (QED) is 0.722. The molecule has 0 saturated heterocycles. The van der Waals surface area contributed by atoms with E-state index in [1.807, 2.05) is 13.0 Å². The van der Waals surface area contributed by atoms with Crippen molar-refractivity contribution in [2.75, 3.05) is 16.7 Å². The molecule has 144 valence electrons. The van der Waals surface area contributed by atoms with E-state index in [0.717, 1.165) is 5.56 Å². The lowest BCUT2D eigenvalue weighted by atomic mass is 10.1.